The summed E-state index contributed by atoms with van der Waals surface area (Å²) in [7, 11) is 1.00. The lowest BCUT2D eigenvalue weighted by Crippen LogP contribution is -1.89. The Morgan fingerprint density at radius 2 is 1.64 bits per heavy atom. The third-order valence-corrected chi connectivity index (χ3v) is 1.75. The summed E-state index contributed by atoms with van der Waals surface area (Å²) >= 11 is 0. The molecular formula is C11H26O3. The number of aliphatic carboxylic acids is 1. The zero-order chi connectivity index (χ0) is 12.0. The highest BCUT2D eigenvalue weighted by atomic mass is 16.4. The van der Waals surface area contributed by atoms with Crippen molar-refractivity contribution >= 4 is 5.97 Å². The van der Waals surface area contributed by atoms with Crippen LogP contribution in [-0.4, -0.2) is 23.3 Å². The second-order valence-electron chi connectivity index (χ2n) is 3.17. The first-order chi connectivity index (χ1) is 6.54. The summed E-state index contributed by atoms with van der Waals surface area (Å²) in [5.74, 6) is 0.120. The summed E-state index contributed by atoms with van der Waals surface area (Å²) in [6.45, 7) is 7.93. The lowest BCUT2D eigenvalue weighted by Gasteiger charge is -2.04. The standard InChI is InChI=1S/C8H18.C2H4O2.CH4O/c1-4-6-7-8(3)5-2;1-2(3)4;1-2/h8H,4-7H2,1-3H3;1H3,(H,3,4);2H,1H3. The van der Waals surface area contributed by atoms with E-state index in [2.05, 4.69) is 20.8 Å². The van der Waals surface area contributed by atoms with E-state index in [9.17, 15) is 0 Å². The van der Waals surface area contributed by atoms with Crippen molar-refractivity contribution in [3.05, 3.63) is 0 Å². The Kier molecular flexibility index (Phi) is 24.9. The van der Waals surface area contributed by atoms with Crippen molar-refractivity contribution in [1.29, 1.82) is 0 Å². The molecule has 0 fully saturated rings. The van der Waals surface area contributed by atoms with Gasteiger partial charge in [-0.15, -0.1) is 0 Å². The predicted molar refractivity (Wildman–Crippen MR) is 60.4 cm³/mol. The van der Waals surface area contributed by atoms with Gasteiger partial charge in [-0.2, -0.15) is 0 Å². The molecule has 0 rings (SSSR count). The minimum absolute atomic E-state index is 0.833. The van der Waals surface area contributed by atoms with Crippen LogP contribution in [0, 0.1) is 5.92 Å². The molecule has 0 aromatic rings. The minimum atomic E-state index is -0.833. The number of hydrogen-bond donors (Lipinski definition) is 2. The molecule has 0 aromatic carbocycles. The van der Waals surface area contributed by atoms with Gasteiger partial charge in [-0.05, 0) is 5.92 Å². The van der Waals surface area contributed by atoms with E-state index >= 15 is 0 Å². The summed E-state index contributed by atoms with van der Waals surface area (Å²) in [4.78, 5) is 9.00. The van der Waals surface area contributed by atoms with Gasteiger partial charge in [-0.25, -0.2) is 0 Å². The predicted octanol–water partition coefficient (Wildman–Crippen LogP) is 2.92. The first-order valence-electron chi connectivity index (χ1n) is 5.18. The van der Waals surface area contributed by atoms with Gasteiger partial charge in [0.25, 0.3) is 5.97 Å². The highest BCUT2D eigenvalue weighted by Crippen LogP contribution is 2.09. The average Bonchev–Trinajstić information content (AvgIpc) is 2.16. The summed E-state index contributed by atoms with van der Waals surface area (Å²) in [5, 5.41) is 14.4. The van der Waals surface area contributed by atoms with E-state index in [-0.39, 0.29) is 0 Å². The van der Waals surface area contributed by atoms with E-state index in [1.807, 2.05) is 0 Å². The molecular weight excluding hydrogens is 180 g/mol. The van der Waals surface area contributed by atoms with Crippen molar-refractivity contribution in [2.45, 2.75) is 53.4 Å². The monoisotopic (exact) mass is 206 g/mol. The molecule has 3 nitrogen and oxygen atoms in total. The summed E-state index contributed by atoms with van der Waals surface area (Å²) in [6, 6.07) is 0. The fraction of sp³-hybridized carbons (Fsp3) is 0.909. The SMILES string of the molecule is CC(=O)O.CCCCC(C)CC.CO. The highest BCUT2D eigenvalue weighted by Gasteiger charge is 1.94. The highest BCUT2D eigenvalue weighted by molar-refractivity contribution is 5.62. The van der Waals surface area contributed by atoms with Gasteiger partial charge in [0.2, 0.25) is 0 Å². The molecule has 2 N–H and O–H groups in total. The maximum absolute atomic E-state index is 9.00. The molecule has 0 aliphatic carbocycles. The fourth-order valence-corrected chi connectivity index (χ4v) is 0.757. The van der Waals surface area contributed by atoms with Crippen molar-refractivity contribution in [2.24, 2.45) is 5.92 Å². The van der Waals surface area contributed by atoms with Crippen LogP contribution in [0.5, 0.6) is 0 Å². The van der Waals surface area contributed by atoms with E-state index in [0.29, 0.717) is 0 Å². The topological polar surface area (TPSA) is 57.5 Å². The van der Waals surface area contributed by atoms with Crippen LogP contribution in [0.25, 0.3) is 0 Å². The van der Waals surface area contributed by atoms with Gasteiger partial charge in [0.15, 0.2) is 0 Å². The van der Waals surface area contributed by atoms with Crippen LogP contribution in [0.2, 0.25) is 0 Å². The second-order valence-corrected chi connectivity index (χ2v) is 3.17. The molecule has 0 aliphatic heterocycles. The van der Waals surface area contributed by atoms with Gasteiger partial charge < -0.3 is 10.2 Å². The Morgan fingerprint density at radius 1 is 1.29 bits per heavy atom. The quantitative estimate of drug-likeness (QED) is 0.743. The van der Waals surface area contributed by atoms with Gasteiger partial charge in [0.05, 0.1) is 0 Å². The summed E-state index contributed by atoms with van der Waals surface area (Å²) in [6.07, 6.45) is 5.53. The average molecular weight is 206 g/mol. The van der Waals surface area contributed by atoms with Gasteiger partial charge >= 0.3 is 0 Å². The van der Waals surface area contributed by atoms with E-state index in [4.69, 9.17) is 15.0 Å². The van der Waals surface area contributed by atoms with E-state index < -0.39 is 5.97 Å². The number of carbonyl (C=O) groups is 1. The lowest BCUT2D eigenvalue weighted by molar-refractivity contribution is -0.134. The number of aliphatic hydroxyl groups is 1. The zero-order valence-electron chi connectivity index (χ0n) is 10.2. The largest absolute Gasteiger partial charge is 0.481 e. The molecule has 0 spiro atoms. The Bertz CT molecular complexity index is 98.7. The number of rotatable bonds is 4. The van der Waals surface area contributed by atoms with Crippen LogP contribution in [0.4, 0.5) is 0 Å². The van der Waals surface area contributed by atoms with E-state index in [0.717, 1.165) is 20.0 Å². The molecule has 1 atom stereocenters. The molecule has 0 heterocycles. The van der Waals surface area contributed by atoms with Gasteiger partial charge in [-0.3, -0.25) is 4.79 Å². The van der Waals surface area contributed by atoms with Crippen LogP contribution in [-0.2, 0) is 4.79 Å². The Labute approximate surface area is 88.2 Å². The summed E-state index contributed by atoms with van der Waals surface area (Å²) in [5.41, 5.74) is 0. The molecule has 1 unspecified atom stereocenters. The van der Waals surface area contributed by atoms with E-state index in [1.54, 1.807) is 0 Å². The normalized spacial score (nSPS) is 10.1. The molecule has 0 bridgehead atoms. The van der Waals surface area contributed by atoms with Crippen LogP contribution in [0.3, 0.4) is 0 Å². The maximum atomic E-state index is 9.00. The Balaban J connectivity index is -0.000000170. The molecule has 0 radical (unpaired) electrons. The summed E-state index contributed by atoms with van der Waals surface area (Å²) < 4.78 is 0. The zero-order valence-corrected chi connectivity index (χ0v) is 10.2. The van der Waals surface area contributed by atoms with E-state index in [1.165, 1.54) is 25.7 Å². The smallest absolute Gasteiger partial charge is 0.300 e. The maximum Gasteiger partial charge on any atom is 0.300 e. The Hall–Kier alpha value is -0.570. The Morgan fingerprint density at radius 3 is 1.86 bits per heavy atom. The van der Waals surface area contributed by atoms with Crippen LogP contribution in [0.1, 0.15) is 53.4 Å². The third-order valence-electron chi connectivity index (χ3n) is 1.75. The molecule has 0 saturated carbocycles. The molecule has 0 amide bonds. The van der Waals surface area contributed by atoms with Gasteiger partial charge in [0, 0.05) is 14.0 Å². The second kappa shape index (κ2) is 18.3. The first-order valence-corrected chi connectivity index (χ1v) is 5.18. The molecule has 14 heavy (non-hydrogen) atoms. The number of aliphatic hydroxyl groups excluding tert-OH is 1. The molecule has 0 aliphatic rings. The van der Waals surface area contributed by atoms with Crippen LogP contribution >= 0.6 is 0 Å². The molecule has 0 saturated heterocycles. The molecule has 0 aromatic heterocycles. The molecule has 88 valence electrons. The number of carboxylic acids is 1. The van der Waals surface area contributed by atoms with Crippen LogP contribution in [0.15, 0.2) is 0 Å². The van der Waals surface area contributed by atoms with Crippen molar-refractivity contribution in [3.63, 3.8) is 0 Å². The fourth-order valence-electron chi connectivity index (χ4n) is 0.757. The number of unbranched alkanes of at least 4 members (excludes halogenated alkanes) is 1. The third kappa shape index (κ3) is 42.2. The van der Waals surface area contributed by atoms with Crippen molar-refractivity contribution in [1.82, 2.24) is 0 Å². The first kappa shape index (κ1) is 19.1. The van der Waals surface area contributed by atoms with Gasteiger partial charge in [-0.1, -0.05) is 46.5 Å². The number of hydrogen-bond acceptors (Lipinski definition) is 2. The minimum Gasteiger partial charge on any atom is -0.481 e. The molecule has 3 heteroatoms. The van der Waals surface area contributed by atoms with Crippen molar-refractivity contribution in [2.75, 3.05) is 7.11 Å². The number of carboxylic acid groups (broad SMARTS) is 1. The lowest BCUT2D eigenvalue weighted by atomic mass is 10.0. The van der Waals surface area contributed by atoms with Crippen molar-refractivity contribution in [3.8, 4) is 0 Å². The van der Waals surface area contributed by atoms with Crippen molar-refractivity contribution < 1.29 is 15.0 Å². The van der Waals surface area contributed by atoms with Crippen LogP contribution < -0.4 is 0 Å². The van der Waals surface area contributed by atoms with Gasteiger partial charge in [0.1, 0.15) is 0 Å².